The molecule has 0 spiro atoms. The summed E-state index contributed by atoms with van der Waals surface area (Å²) >= 11 is 5.82. The molecule has 0 bridgehead atoms. The fourth-order valence-corrected chi connectivity index (χ4v) is 1.81. The molecule has 0 aromatic carbocycles. The average molecular weight is 280 g/mol. The van der Waals surface area contributed by atoms with Gasteiger partial charge in [0.1, 0.15) is 5.15 Å². The van der Waals surface area contributed by atoms with Crippen LogP contribution in [0.2, 0.25) is 5.15 Å². The van der Waals surface area contributed by atoms with Gasteiger partial charge in [0.25, 0.3) is 5.91 Å². The topological polar surface area (TPSA) is 68.0 Å². The van der Waals surface area contributed by atoms with Gasteiger partial charge in [0.15, 0.2) is 0 Å². The Morgan fingerprint density at radius 2 is 2.11 bits per heavy atom. The maximum Gasteiger partial charge on any atom is 0.258 e. The van der Waals surface area contributed by atoms with Crippen molar-refractivity contribution in [3.63, 3.8) is 0 Å². The van der Waals surface area contributed by atoms with Gasteiger partial charge in [-0.05, 0) is 25.0 Å². The van der Waals surface area contributed by atoms with Crippen LogP contribution in [0.1, 0.15) is 41.5 Å². The second-order valence-corrected chi connectivity index (χ2v) is 4.93. The number of rotatable bonds is 3. The minimum absolute atomic E-state index is 0.243. The van der Waals surface area contributed by atoms with E-state index in [1.54, 1.807) is 19.1 Å². The molecule has 0 aliphatic heterocycles. The first-order valence-corrected chi connectivity index (χ1v) is 6.25. The van der Waals surface area contributed by atoms with Crippen molar-refractivity contribution < 1.29 is 9.32 Å². The van der Waals surface area contributed by atoms with Crippen LogP contribution in [-0.4, -0.2) is 16.0 Å². The van der Waals surface area contributed by atoms with Gasteiger partial charge in [-0.15, -0.1) is 0 Å². The Kier molecular flexibility index (Phi) is 3.85. The summed E-state index contributed by atoms with van der Waals surface area (Å²) in [5.41, 5.74) is 1.90. The third-order valence-electron chi connectivity index (χ3n) is 2.54. The maximum atomic E-state index is 12.0. The van der Waals surface area contributed by atoms with Crippen LogP contribution in [0.15, 0.2) is 22.7 Å². The highest BCUT2D eigenvalue weighted by Crippen LogP contribution is 2.18. The predicted octanol–water partition coefficient (Wildman–Crippen LogP) is 3.41. The lowest BCUT2D eigenvalue weighted by molar-refractivity contribution is 0.102. The van der Waals surface area contributed by atoms with Gasteiger partial charge in [-0.1, -0.05) is 30.6 Å². The minimum Gasteiger partial charge on any atom is -0.338 e. The highest BCUT2D eigenvalue weighted by Gasteiger charge is 2.13. The number of anilines is 1. The molecule has 2 aromatic rings. The van der Waals surface area contributed by atoms with Crippen LogP contribution in [-0.2, 0) is 0 Å². The number of nitrogens with one attached hydrogen (secondary N) is 1. The largest absolute Gasteiger partial charge is 0.338 e. The molecule has 2 rings (SSSR count). The van der Waals surface area contributed by atoms with Crippen LogP contribution in [0, 0.1) is 6.92 Å². The summed E-state index contributed by atoms with van der Waals surface area (Å²) in [4.78, 5) is 16.0. The number of amides is 1. The number of hydrogen-bond donors (Lipinski definition) is 1. The predicted molar refractivity (Wildman–Crippen MR) is 72.5 cm³/mol. The lowest BCUT2D eigenvalue weighted by Crippen LogP contribution is -2.11. The van der Waals surface area contributed by atoms with Crippen molar-refractivity contribution in [3.05, 3.63) is 40.3 Å². The van der Waals surface area contributed by atoms with Gasteiger partial charge < -0.3 is 4.52 Å². The van der Waals surface area contributed by atoms with E-state index < -0.39 is 0 Å². The fourth-order valence-electron chi connectivity index (χ4n) is 1.56. The van der Waals surface area contributed by atoms with Crippen molar-refractivity contribution in [2.75, 3.05) is 5.32 Å². The van der Waals surface area contributed by atoms with Gasteiger partial charge in [-0.3, -0.25) is 10.1 Å². The number of pyridine rings is 1. The Morgan fingerprint density at radius 1 is 1.37 bits per heavy atom. The molecule has 0 aliphatic carbocycles. The van der Waals surface area contributed by atoms with Crippen molar-refractivity contribution in [3.8, 4) is 0 Å². The van der Waals surface area contributed by atoms with Gasteiger partial charge in [0, 0.05) is 17.3 Å². The molecule has 2 heterocycles. The van der Waals surface area contributed by atoms with Crippen molar-refractivity contribution >= 4 is 23.4 Å². The lowest BCUT2D eigenvalue weighted by Gasteiger charge is -2.02. The Balaban J connectivity index is 2.15. The van der Waals surface area contributed by atoms with E-state index in [-0.39, 0.29) is 17.0 Å². The van der Waals surface area contributed by atoms with E-state index in [0.29, 0.717) is 17.1 Å². The zero-order valence-electron chi connectivity index (χ0n) is 10.9. The first kappa shape index (κ1) is 13.5. The van der Waals surface area contributed by atoms with Crippen LogP contribution in [0.4, 0.5) is 5.88 Å². The molecule has 2 aromatic heterocycles. The van der Waals surface area contributed by atoms with Crippen molar-refractivity contribution in [2.24, 2.45) is 0 Å². The average Bonchev–Trinajstić information content (AvgIpc) is 2.76. The molecule has 1 amide bonds. The van der Waals surface area contributed by atoms with Crippen molar-refractivity contribution in [1.82, 2.24) is 10.1 Å². The molecule has 0 saturated carbocycles. The van der Waals surface area contributed by atoms with Gasteiger partial charge in [0.05, 0.1) is 5.69 Å². The molecule has 100 valence electrons. The Morgan fingerprint density at radius 3 is 2.68 bits per heavy atom. The van der Waals surface area contributed by atoms with E-state index in [1.807, 2.05) is 13.8 Å². The number of carbonyl (C=O) groups excluding carboxylic acids is 1. The second kappa shape index (κ2) is 5.40. The summed E-state index contributed by atoms with van der Waals surface area (Å²) < 4.78 is 5.05. The molecule has 6 heteroatoms. The Bertz CT molecular complexity index is 587. The smallest absolute Gasteiger partial charge is 0.258 e. The van der Waals surface area contributed by atoms with Crippen LogP contribution < -0.4 is 5.32 Å². The van der Waals surface area contributed by atoms with E-state index >= 15 is 0 Å². The zero-order valence-corrected chi connectivity index (χ0v) is 11.7. The molecule has 0 saturated heterocycles. The lowest BCUT2D eigenvalue weighted by atomic mass is 10.1. The van der Waals surface area contributed by atoms with Gasteiger partial charge >= 0.3 is 0 Å². The third kappa shape index (κ3) is 3.32. The monoisotopic (exact) mass is 279 g/mol. The van der Waals surface area contributed by atoms with Gasteiger partial charge in [-0.25, -0.2) is 4.98 Å². The molecule has 0 aliphatic rings. The van der Waals surface area contributed by atoms with Gasteiger partial charge in [-0.2, -0.15) is 0 Å². The van der Waals surface area contributed by atoms with E-state index in [9.17, 15) is 4.79 Å². The number of aromatic nitrogens is 2. The Hall–Kier alpha value is -1.88. The summed E-state index contributed by atoms with van der Waals surface area (Å²) in [6, 6.07) is 4.86. The van der Waals surface area contributed by atoms with Crippen molar-refractivity contribution in [2.45, 2.75) is 26.7 Å². The molecule has 0 radical (unpaired) electrons. The van der Waals surface area contributed by atoms with E-state index in [0.717, 1.165) is 5.69 Å². The number of carbonyl (C=O) groups is 1. The molecular weight excluding hydrogens is 266 g/mol. The summed E-state index contributed by atoms with van der Waals surface area (Å²) in [5, 5.41) is 6.79. The number of nitrogens with zero attached hydrogens (tertiary/aromatic N) is 2. The molecule has 0 unspecified atom stereocenters. The number of hydrogen-bond acceptors (Lipinski definition) is 4. The molecule has 1 N–H and O–H groups in total. The second-order valence-electron chi connectivity index (χ2n) is 4.54. The van der Waals surface area contributed by atoms with Crippen LogP contribution in [0.5, 0.6) is 0 Å². The number of halogens is 1. The molecule has 0 atom stereocenters. The maximum absolute atomic E-state index is 12.0. The Labute approximate surface area is 116 Å². The summed E-state index contributed by atoms with van der Waals surface area (Å²) in [6.45, 7) is 5.76. The van der Waals surface area contributed by atoms with E-state index in [4.69, 9.17) is 16.1 Å². The quantitative estimate of drug-likeness (QED) is 0.874. The van der Waals surface area contributed by atoms with E-state index in [2.05, 4.69) is 15.5 Å². The first-order chi connectivity index (χ1) is 8.95. The number of aryl methyl sites for hydroxylation is 1. The standard InChI is InChI=1S/C13H14ClN3O2/c1-7(2)10-6-12(19-17-10)16-13(18)9-4-8(3)15-11(14)5-9/h4-7H,1-3H3,(H,16,18). The zero-order chi connectivity index (χ0) is 14.0. The summed E-state index contributed by atoms with van der Waals surface area (Å²) in [7, 11) is 0. The molecule has 19 heavy (non-hydrogen) atoms. The van der Waals surface area contributed by atoms with Crippen LogP contribution in [0.3, 0.4) is 0 Å². The summed E-state index contributed by atoms with van der Waals surface area (Å²) in [5.74, 6) is 0.255. The summed E-state index contributed by atoms with van der Waals surface area (Å²) in [6.07, 6.45) is 0. The third-order valence-corrected chi connectivity index (χ3v) is 2.73. The van der Waals surface area contributed by atoms with Gasteiger partial charge in [0.2, 0.25) is 5.88 Å². The van der Waals surface area contributed by atoms with Crippen molar-refractivity contribution in [1.29, 1.82) is 0 Å². The van der Waals surface area contributed by atoms with Crippen LogP contribution in [0.25, 0.3) is 0 Å². The fraction of sp³-hybridized carbons (Fsp3) is 0.308. The first-order valence-electron chi connectivity index (χ1n) is 5.88. The molecule has 0 fully saturated rings. The SMILES string of the molecule is Cc1cc(C(=O)Nc2cc(C(C)C)no2)cc(Cl)n1. The minimum atomic E-state index is -0.307. The highest BCUT2D eigenvalue weighted by molar-refractivity contribution is 6.29. The normalized spacial score (nSPS) is 10.8. The highest BCUT2D eigenvalue weighted by atomic mass is 35.5. The van der Waals surface area contributed by atoms with E-state index in [1.165, 1.54) is 6.07 Å². The molecular formula is C13H14ClN3O2. The van der Waals surface area contributed by atoms with Crippen LogP contribution >= 0.6 is 11.6 Å². The molecule has 5 nitrogen and oxygen atoms in total.